The van der Waals surface area contributed by atoms with E-state index in [4.69, 9.17) is 9.15 Å². The molecule has 10 heteroatoms. The van der Waals surface area contributed by atoms with E-state index in [2.05, 4.69) is 20.8 Å². The lowest BCUT2D eigenvalue weighted by Crippen LogP contribution is -3.00. The van der Waals surface area contributed by atoms with Crippen LogP contribution in [0.15, 0.2) is 46.0 Å². The van der Waals surface area contributed by atoms with Gasteiger partial charge in [-0.05, 0) is 34.7 Å². The van der Waals surface area contributed by atoms with E-state index >= 15 is 0 Å². The zero-order chi connectivity index (χ0) is 18.4. The van der Waals surface area contributed by atoms with Gasteiger partial charge in [0, 0.05) is 12.6 Å². The maximum Gasteiger partial charge on any atom is 0.337 e. The Morgan fingerprint density at radius 1 is 1.26 bits per heavy atom. The predicted octanol–water partition coefficient (Wildman–Crippen LogP) is -1.88. The van der Waals surface area contributed by atoms with Crippen molar-refractivity contribution in [2.45, 2.75) is 11.7 Å². The average Bonchev–Trinajstić information content (AvgIpc) is 3.30. The van der Waals surface area contributed by atoms with Crippen molar-refractivity contribution in [1.82, 2.24) is 20.2 Å². The van der Waals surface area contributed by atoms with Crippen LogP contribution in [0, 0.1) is 0 Å². The van der Waals surface area contributed by atoms with Gasteiger partial charge in [0.1, 0.15) is 12.3 Å². The van der Waals surface area contributed by atoms with Crippen molar-refractivity contribution in [3.63, 3.8) is 0 Å². The fourth-order valence-electron chi connectivity index (χ4n) is 2.35. The second-order valence-electron chi connectivity index (χ2n) is 5.55. The molecule has 0 fully saturated rings. The molecule has 0 unspecified atom stereocenters. The molecule has 2 N–H and O–H groups in total. The van der Waals surface area contributed by atoms with Crippen molar-refractivity contribution in [2.75, 3.05) is 19.4 Å². The standard InChI is InChI=1S/C17H19N5O3S.ClH/c1-22-17(19-20-21-22)26-10-9-18-11-14-7-8-15(25-14)12-3-5-13(6-4-12)16(23)24-2;/h3-8,18H,9-11H2,1-2H3;1H. The Bertz CT molecular complexity index is 866. The van der Waals surface area contributed by atoms with Gasteiger partial charge in [0.2, 0.25) is 5.16 Å². The summed E-state index contributed by atoms with van der Waals surface area (Å²) in [6, 6.07) is 11.1. The summed E-state index contributed by atoms with van der Waals surface area (Å²) in [6.45, 7) is 1.69. The number of benzene rings is 1. The molecule has 3 aromatic rings. The number of methoxy groups -OCH3 is 1. The number of aryl methyl sites for hydroxylation is 1. The lowest BCUT2D eigenvalue weighted by Gasteiger charge is -2.01. The summed E-state index contributed by atoms with van der Waals surface area (Å²) in [5.41, 5.74) is 1.45. The smallest absolute Gasteiger partial charge is 0.337 e. The van der Waals surface area contributed by atoms with Crippen LogP contribution in [0.25, 0.3) is 11.3 Å². The van der Waals surface area contributed by atoms with E-state index in [1.54, 1.807) is 28.6 Å². The molecule has 2 aromatic heterocycles. The molecule has 8 nitrogen and oxygen atoms in total. The number of ether oxygens (including phenoxy) is 1. The number of hydrogen-bond donors (Lipinski definition) is 1. The number of thioether (sulfide) groups is 1. The monoisotopic (exact) mass is 409 g/mol. The number of carbonyl (C=O) groups is 1. The molecule has 0 aliphatic carbocycles. The molecular formula is C17H20ClN5O3S. The van der Waals surface area contributed by atoms with Crippen molar-refractivity contribution < 1.29 is 31.7 Å². The molecule has 144 valence electrons. The highest BCUT2D eigenvalue weighted by Crippen LogP contribution is 2.22. The maximum absolute atomic E-state index is 11.5. The Labute approximate surface area is 167 Å². The van der Waals surface area contributed by atoms with Crippen molar-refractivity contribution >= 4 is 17.7 Å². The van der Waals surface area contributed by atoms with Gasteiger partial charge in [0.05, 0.1) is 25.0 Å². The molecule has 0 aliphatic heterocycles. The topological polar surface area (TPSA) is 99.6 Å². The lowest BCUT2D eigenvalue weighted by molar-refractivity contribution is -0.668. The van der Waals surface area contributed by atoms with E-state index in [0.29, 0.717) is 5.56 Å². The zero-order valence-electron chi connectivity index (χ0n) is 15.0. The molecule has 0 bridgehead atoms. The Morgan fingerprint density at radius 2 is 2.04 bits per heavy atom. The molecule has 0 atom stereocenters. The summed E-state index contributed by atoms with van der Waals surface area (Å²) in [7, 11) is 3.20. The molecule has 1 aromatic carbocycles. The molecule has 3 rings (SSSR count). The Morgan fingerprint density at radius 3 is 2.70 bits per heavy atom. The second kappa shape index (κ2) is 10.1. The maximum atomic E-state index is 11.5. The van der Waals surface area contributed by atoms with E-state index in [9.17, 15) is 4.79 Å². The van der Waals surface area contributed by atoms with Gasteiger partial charge in [0.25, 0.3) is 0 Å². The van der Waals surface area contributed by atoms with Gasteiger partial charge >= 0.3 is 5.97 Å². The SMILES string of the molecule is COC(=O)c1ccc(-c2ccc(C[NH2+]CCSc3nnnn3C)o2)cc1.[Cl-]. The summed E-state index contributed by atoms with van der Waals surface area (Å²) < 4.78 is 12.2. The quantitative estimate of drug-likeness (QED) is 0.264. The normalized spacial score (nSPS) is 10.4. The highest BCUT2D eigenvalue weighted by molar-refractivity contribution is 7.99. The molecule has 0 saturated carbocycles. The van der Waals surface area contributed by atoms with Crippen LogP contribution in [0.5, 0.6) is 0 Å². The molecule has 2 heterocycles. The van der Waals surface area contributed by atoms with Crippen LogP contribution in [0.3, 0.4) is 0 Å². The van der Waals surface area contributed by atoms with Crippen LogP contribution in [0.2, 0.25) is 0 Å². The fourth-order valence-corrected chi connectivity index (χ4v) is 3.14. The Hall–Kier alpha value is -2.36. The largest absolute Gasteiger partial charge is 1.00 e. The number of esters is 1. The number of hydrogen-bond acceptors (Lipinski definition) is 7. The van der Waals surface area contributed by atoms with Gasteiger partial charge in [-0.25, -0.2) is 9.48 Å². The highest BCUT2D eigenvalue weighted by atomic mass is 35.5. The minimum Gasteiger partial charge on any atom is -1.00 e. The van der Waals surface area contributed by atoms with E-state index in [1.165, 1.54) is 7.11 Å². The summed E-state index contributed by atoms with van der Waals surface area (Å²) in [6.07, 6.45) is 0. The summed E-state index contributed by atoms with van der Waals surface area (Å²) in [5.74, 6) is 2.25. The average molecular weight is 410 g/mol. The fraction of sp³-hybridized carbons (Fsp3) is 0.294. The first-order chi connectivity index (χ1) is 12.7. The number of halogens is 1. The van der Waals surface area contributed by atoms with Crippen LogP contribution in [0.4, 0.5) is 0 Å². The minimum atomic E-state index is -0.346. The lowest BCUT2D eigenvalue weighted by atomic mass is 10.1. The number of carbonyl (C=O) groups excluding carboxylic acids is 1. The first-order valence-electron chi connectivity index (χ1n) is 8.11. The van der Waals surface area contributed by atoms with Gasteiger partial charge in [0.15, 0.2) is 5.76 Å². The molecular weight excluding hydrogens is 390 g/mol. The molecule has 0 aliphatic rings. The number of rotatable bonds is 8. The van der Waals surface area contributed by atoms with Gasteiger partial charge in [-0.1, -0.05) is 23.9 Å². The van der Waals surface area contributed by atoms with Gasteiger partial charge in [-0.3, -0.25) is 0 Å². The molecule has 27 heavy (non-hydrogen) atoms. The first kappa shape index (κ1) is 20.9. The second-order valence-corrected chi connectivity index (χ2v) is 6.61. The Balaban J connectivity index is 0.00000261. The van der Waals surface area contributed by atoms with Crippen molar-refractivity contribution in [3.05, 3.63) is 47.7 Å². The third-order valence-corrected chi connectivity index (χ3v) is 4.78. The zero-order valence-corrected chi connectivity index (χ0v) is 16.5. The van der Waals surface area contributed by atoms with E-state index in [0.717, 1.165) is 41.1 Å². The highest BCUT2D eigenvalue weighted by Gasteiger charge is 2.09. The van der Waals surface area contributed by atoms with Crippen LogP contribution in [-0.4, -0.2) is 45.6 Å². The van der Waals surface area contributed by atoms with Crippen LogP contribution in [-0.2, 0) is 18.3 Å². The third kappa shape index (κ3) is 5.56. The minimum absolute atomic E-state index is 0. The number of tetrazole rings is 1. The molecule has 0 saturated heterocycles. The first-order valence-corrected chi connectivity index (χ1v) is 9.10. The van der Waals surface area contributed by atoms with Crippen molar-refractivity contribution in [3.8, 4) is 11.3 Å². The van der Waals surface area contributed by atoms with Gasteiger partial charge < -0.3 is 26.9 Å². The number of nitrogens with two attached hydrogens (primary N) is 1. The van der Waals surface area contributed by atoms with E-state index < -0.39 is 0 Å². The van der Waals surface area contributed by atoms with E-state index in [-0.39, 0.29) is 18.4 Å². The number of quaternary nitrogens is 1. The predicted molar refractivity (Wildman–Crippen MR) is 95.5 cm³/mol. The summed E-state index contributed by atoms with van der Waals surface area (Å²) >= 11 is 1.62. The van der Waals surface area contributed by atoms with Crippen molar-refractivity contribution in [2.24, 2.45) is 7.05 Å². The number of nitrogens with zero attached hydrogens (tertiary/aromatic N) is 4. The molecule has 0 radical (unpaired) electrons. The van der Waals surface area contributed by atoms with Crippen LogP contribution in [0.1, 0.15) is 16.1 Å². The molecule has 0 amide bonds. The number of furan rings is 1. The van der Waals surface area contributed by atoms with Gasteiger partial charge in [-0.15, -0.1) is 5.10 Å². The van der Waals surface area contributed by atoms with Crippen LogP contribution < -0.4 is 17.7 Å². The Kier molecular flexibility index (Phi) is 7.83. The van der Waals surface area contributed by atoms with Gasteiger partial charge in [-0.2, -0.15) is 0 Å². The van der Waals surface area contributed by atoms with Crippen molar-refractivity contribution in [1.29, 1.82) is 0 Å². The summed E-state index contributed by atoms with van der Waals surface area (Å²) in [5, 5.41) is 14.3. The van der Waals surface area contributed by atoms with E-state index in [1.807, 2.05) is 31.3 Å². The molecule has 0 spiro atoms. The number of aromatic nitrogens is 4. The summed E-state index contributed by atoms with van der Waals surface area (Å²) in [4.78, 5) is 11.5. The van der Waals surface area contributed by atoms with Crippen LogP contribution >= 0.6 is 11.8 Å². The third-order valence-electron chi connectivity index (χ3n) is 3.73.